The lowest BCUT2D eigenvalue weighted by atomic mass is 9.84. The number of ether oxygens (including phenoxy) is 1. The number of hydrogen-bond acceptors (Lipinski definition) is 8. The zero-order chi connectivity index (χ0) is 26.6. The van der Waals surface area contributed by atoms with Crippen molar-refractivity contribution in [2.75, 3.05) is 25.5 Å². The first-order valence-corrected chi connectivity index (χ1v) is 11.8. The van der Waals surface area contributed by atoms with Crippen molar-refractivity contribution >= 4 is 11.7 Å². The van der Waals surface area contributed by atoms with Crippen molar-refractivity contribution in [2.24, 2.45) is 5.73 Å². The number of aromatic hydroxyl groups is 1. The molecule has 1 unspecified atom stereocenters. The maximum Gasteiger partial charge on any atom is 0.254 e. The molecule has 5 N–H and O–H groups in total. The van der Waals surface area contributed by atoms with E-state index in [4.69, 9.17) is 10.5 Å². The number of nitriles is 1. The Morgan fingerprint density at radius 3 is 2.65 bits per heavy atom. The average Bonchev–Trinajstić information content (AvgIpc) is 3.32. The van der Waals surface area contributed by atoms with Crippen molar-refractivity contribution in [1.82, 2.24) is 14.7 Å². The van der Waals surface area contributed by atoms with Crippen LogP contribution in [0.3, 0.4) is 0 Å². The van der Waals surface area contributed by atoms with Gasteiger partial charge in [-0.05, 0) is 30.5 Å². The number of aliphatic hydroxyl groups excluding tert-OH is 1. The number of nitrogens with zero attached hydrogens (tertiary/aromatic N) is 4. The normalized spacial score (nSPS) is 16.2. The summed E-state index contributed by atoms with van der Waals surface area (Å²) in [5, 5.41) is 36.8. The number of likely N-dealkylation sites (tertiary alicyclic amines) is 1. The molecule has 1 saturated heterocycles. The summed E-state index contributed by atoms with van der Waals surface area (Å²) in [7, 11) is 1.28. The monoisotopic (exact) mass is 508 g/mol. The summed E-state index contributed by atoms with van der Waals surface area (Å²) in [6.45, 7) is 1.34. The van der Waals surface area contributed by atoms with Crippen LogP contribution in [0.25, 0.3) is 11.1 Å². The molecule has 0 aliphatic carbocycles. The van der Waals surface area contributed by atoms with Crippen molar-refractivity contribution < 1.29 is 24.1 Å². The van der Waals surface area contributed by atoms with Gasteiger partial charge in [-0.2, -0.15) is 10.4 Å². The number of hydrogen-bond donors (Lipinski definition) is 4. The molecule has 0 radical (unpaired) electrons. The molecular weight excluding hydrogens is 479 g/mol. The van der Waals surface area contributed by atoms with Gasteiger partial charge in [0, 0.05) is 44.1 Å². The number of carbonyl (C=O) groups is 1. The third-order valence-corrected chi connectivity index (χ3v) is 6.79. The van der Waals surface area contributed by atoms with E-state index in [2.05, 4.69) is 16.5 Å². The Kier molecular flexibility index (Phi) is 7.73. The highest BCUT2D eigenvalue weighted by Gasteiger charge is 2.38. The van der Waals surface area contributed by atoms with Gasteiger partial charge in [0.2, 0.25) is 6.41 Å². The van der Waals surface area contributed by atoms with Crippen LogP contribution >= 0.6 is 0 Å². The molecule has 4 rings (SSSR count). The molecule has 0 saturated carbocycles. The lowest BCUT2D eigenvalue weighted by Crippen LogP contribution is -2.46. The van der Waals surface area contributed by atoms with Crippen LogP contribution in [0.2, 0.25) is 0 Å². The molecule has 11 heteroatoms. The van der Waals surface area contributed by atoms with Crippen LogP contribution in [0, 0.1) is 17.1 Å². The standard InChI is InChI=1S/C26H29FN6O4/c1-37-25(36)30-24-20(23(29)35)16-33(31-24)26(7-10-28)8-11-32(12-9-26)15-18-13-22(34)19(14-21(18)27)17-5-3-2-4-6-17/h2-6,13-14,16,25,34,36H,7-9,11-12,15H2,1H3,(H2,29,35)(H,30,31). The number of rotatable bonds is 9. The number of carbonyl (C=O) groups excluding carboxylic acids is 1. The van der Waals surface area contributed by atoms with Crippen molar-refractivity contribution in [3.8, 4) is 22.9 Å². The van der Waals surface area contributed by atoms with E-state index in [0.29, 0.717) is 37.1 Å². The van der Waals surface area contributed by atoms with Gasteiger partial charge in [-0.3, -0.25) is 14.4 Å². The zero-order valence-electron chi connectivity index (χ0n) is 20.4. The summed E-state index contributed by atoms with van der Waals surface area (Å²) in [6, 6.07) is 14.1. The van der Waals surface area contributed by atoms with Crippen molar-refractivity contribution in [3.63, 3.8) is 0 Å². The van der Waals surface area contributed by atoms with Crippen molar-refractivity contribution in [2.45, 2.75) is 37.8 Å². The molecule has 1 aliphatic rings. The van der Waals surface area contributed by atoms with Crippen LogP contribution in [0.1, 0.15) is 35.2 Å². The van der Waals surface area contributed by atoms with E-state index < -0.39 is 23.7 Å². The molecular formula is C26H29FN6O4. The number of benzene rings is 2. The number of nitrogens with two attached hydrogens (primary N) is 1. The summed E-state index contributed by atoms with van der Waals surface area (Å²) < 4.78 is 21.3. The van der Waals surface area contributed by atoms with Crippen LogP contribution in [-0.4, -0.2) is 57.4 Å². The van der Waals surface area contributed by atoms with Gasteiger partial charge in [0.15, 0.2) is 5.82 Å². The molecule has 2 heterocycles. The number of phenolic OH excluding ortho intramolecular Hbond substituents is 1. The molecule has 1 fully saturated rings. The summed E-state index contributed by atoms with van der Waals surface area (Å²) in [5.74, 6) is -1.09. The Bertz CT molecular complexity index is 1300. The predicted octanol–water partition coefficient (Wildman–Crippen LogP) is 2.73. The molecule has 1 aromatic heterocycles. The highest BCUT2D eigenvalue weighted by Crippen LogP contribution is 2.36. The second-order valence-corrected chi connectivity index (χ2v) is 9.09. The van der Waals surface area contributed by atoms with Gasteiger partial charge in [0.1, 0.15) is 17.1 Å². The molecule has 3 aromatic rings. The van der Waals surface area contributed by atoms with E-state index in [-0.39, 0.29) is 30.1 Å². The van der Waals surface area contributed by atoms with Gasteiger partial charge >= 0.3 is 0 Å². The highest BCUT2D eigenvalue weighted by atomic mass is 19.1. The number of nitrogens with one attached hydrogen (secondary N) is 1. The fourth-order valence-corrected chi connectivity index (χ4v) is 4.66. The first-order valence-electron chi connectivity index (χ1n) is 11.8. The van der Waals surface area contributed by atoms with E-state index in [1.54, 1.807) is 4.68 Å². The van der Waals surface area contributed by atoms with E-state index in [1.165, 1.54) is 25.4 Å². The average molecular weight is 509 g/mol. The van der Waals surface area contributed by atoms with E-state index in [1.807, 2.05) is 35.2 Å². The lowest BCUT2D eigenvalue weighted by Gasteiger charge is -2.40. The third kappa shape index (κ3) is 5.56. The molecule has 1 atom stereocenters. The fraction of sp³-hybridized carbons (Fsp3) is 0.346. The minimum Gasteiger partial charge on any atom is -0.507 e. The first kappa shape index (κ1) is 26.1. The van der Waals surface area contributed by atoms with Crippen LogP contribution in [-0.2, 0) is 16.8 Å². The summed E-state index contributed by atoms with van der Waals surface area (Å²) in [4.78, 5) is 14.0. The molecule has 0 spiro atoms. The molecule has 1 amide bonds. The number of amides is 1. The van der Waals surface area contributed by atoms with E-state index in [9.17, 15) is 24.7 Å². The molecule has 194 valence electrons. The number of piperidine rings is 1. The number of phenols is 1. The Balaban J connectivity index is 1.52. The Morgan fingerprint density at radius 1 is 1.32 bits per heavy atom. The summed E-state index contributed by atoms with van der Waals surface area (Å²) >= 11 is 0. The number of methoxy groups -OCH3 is 1. The smallest absolute Gasteiger partial charge is 0.254 e. The molecule has 2 aromatic carbocycles. The number of primary amides is 1. The van der Waals surface area contributed by atoms with E-state index in [0.717, 1.165) is 5.56 Å². The summed E-state index contributed by atoms with van der Waals surface area (Å²) in [5.41, 5.74) is 6.37. The van der Waals surface area contributed by atoms with Gasteiger partial charge in [0.25, 0.3) is 5.91 Å². The topological polar surface area (TPSA) is 150 Å². The van der Waals surface area contributed by atoms with Crippen molar-refractivity contribution in [3.05, 3.63) is 65.6 Å². The number of anilines is 1. The lowest BCUT2D eigenvalue weighted by molar-refractivity contribution is -0.0513. The molecule has 37 heavy (non-hydrogen) atoms. The SMILES string of the molecule is COC(O)Nc1nn(C2(CC#N)CCN(Cc3cc(O)c(-c4ccccc4)cc3F)CC2)cc1C(N)=O. The van der Waals surface area contributed by atoms with Gasteiger partial charge in [-0.15, -0.1) is 0 Å². The van der Waals surface area contributed by atoms with Crippen LogP contribution in [0.4, 0.5) is 10.2 Å². The Labute approximate surface area is 213 Å². The molecule has 0 bridgehead atoms. The minimum absolute atomic E-state index is 0.00670. The van der Waals surface area contributed by atoms with Gasteiger partial charge < -0.3 is 26.0 Å². The van der Waals surface area contributed by atoms with Crippen molar-refractivity contribution in [1.29, 1.82) is 5.26 Å². The summed E-state index contributed by atoms with van der Waals surface area (Å²) in [6.07, 6.45) is 1.22. The third-order valence-electron chi connectivity index (χ3n) is 6.79. The highest BCUT2D eigenvalue weighted by molar-refractivity contribution is 5.97. The number of halogens is 1. The molecule has 1 aliphatic heterocycles. The first-order chi connectivity index (χ1) is 17.8. The number of aliphatic hydroxyl groups is 1. The maximum atomic E-state index is 15.0. The fourth-order valence-electron chi connectivity index (χ4n) is 4.66. The second-order valence-electron chi connectivity index (χ2n) is 9.09. The van der Waals surface area contributed by atoms with E-state index >= 15 is 0 Å². The van der Waals surface area contributed by atoms with Gasteiger partial charge in [-0.25, -0.2) is 4.39 Å². The maximum absolute atomic E-state index is 15.0. The van der Waals surface area contributed by atoms with Crippen LogP contribution < -0.4 is 11.1 Å². The largest absolute Gasteiger partial charge is 0.507 e. The zero-order valence-corrected chi connectivity index (χ0v) is 20.4. The Hall–Kier alpha value is -3.98. The van der Waals surface area contributed by atoms with Crippen LogP contribution in [0.15, 0.2) is 48.7 Å². The minimum atomic E-state index is -1.39. The quantitative estimate of drug-likeness (QED) is 0.322. The van der Waals surface area contributed by atoms with Gasteiger partial charge in [-0.1, -0.05) is 30.3 Å². The van der Waals surface area contributed by atoms with Crippen LogP contribution in [0.5, 0.6) is 5.75 Å². The second kappa shape index (κ2) is 11.0. The predicted molar refractivity (Wildman–Crippen MR) is 134 cm³/mol. The Morgan fingerprint density at radius 2 is 2.03 bits per heavy atom. The van der Waals surface area contributed by atoms with Gasteiger partial charge in [0.05, 0.1) is 18.0 Å². The molecule has 10 nitrogen and oxygen atoms in total. The number of aromatic nitrogens is 2.